The van der Waals surface area contributed by atoms with Crippen molar-refractivity contribution in [1.29, 1.82) is 0 Å². The van der Waals surface area contributed by atoms with E-state index >= 15 is 0 Å². The van der Waals surface area contributed by atoms with Crippen molar-refractivity contribution in [3.63, 3.8) is 0 Å². The van der Waals surface area contributed by atoms with Gasteiger partial charge in [0.2, 0.25) is 0 Å². The monoisotopic (exact) mass is 252 g/mol. The maximum absolute atomic E-state index is 10.4. The van der Waals surface area contributed by atoms with E-state index in [1.807, 2.05) is 24.4 Å². The molecule has 0 aliphatic heterocycles. The van der Waals surface area contributed by atoms with Crippen LogP contribution in [0.3, 0.4) is 0 Å². The molecule has 0 spiro atoms. The van der Waals surface area contributed by atoms with Gasteiger partial charge in [0.25, 0.3) is 0 Å². The lowest BCUT2D eigenvalue weighted by atomic mass is 10.2. The van der Waals surface area contributed by atoms with Gasteiger partial charge < -0.3 is 9.73 Å². The van der Waals surface area contributed by atoms with E-state index in [9.17, 15) is 10.1 Å². The van der Waals surface area contributed by atoms with Gasteiger partial charge in [0.1, 0.15) is 10.7 Å². The SMILES string of the molecule is C[C@@H](NCc1ccc([N+](=O)[O-])o1)c1cccs1. The van der Waals surface area contributed by atoms with Crippen molar-refractivity contribution in [2.24, 2.45) is 0 Å². The quantitative estimate of drug-likeness (QED) is 0.655. The Kier molecular flexibility index (Phi) is 3.55. The van der Waals surface area contributed by atoms with Gasteiger partial charge in [0.15, 0.2) is 0 Å². The van der Waals surface area contributed by atoms with Crippen molar-refractivity contribution in [3.05, 3.63) is 50.4 Å². The second-order valence-electron chi connectivity index (χ2n) is 3.62. The number of nitro groups is 1. The van der Waals surface area contributed by atoms with E-state index < -0.39 is 4.92 Å². The van der Waals surface area contributed by atoms with E-state index in [4.69, 9.17) is 4.42 Å². The molecule has 0 aliphatic carbocycles. The van der Waals surface area contributed by atoms with E-state index in [0.29, 0.717) is 12.3 Å². The Morgan fingerprint density at radius 3 is 2.94 bits per heavy atom. The molecular formula is C11H12N2O3S. The Bertz CT molecular complexity index is 493. The third kappa shape index (κ3) is 2.92. The zero-order valence-electron chi connectivity index (χ0n) is 9.25. The summed E-state index contributed by atoms with van der Waals surface area (Å²) in [5.41, 5.74) is 0. The number of thiophene rings is 1. The summed E-state index contributed by atoms with van der Waals surface area (Å²) in [6.45, 7) is 2.52. The highest BCUT2D eigenvalue weighted by molar-refractivity contribution is 7.10. The first kappa shape index (κ1) is 11.8. The minimum Gasteiger partial charge on any atom is -0.404 e. The lowest BCUT2D eigenvalue weighted by Crippen LogP contribution is -2.16. The summed E-state index contributed by atoms with van der Waals surface area (Å²) in [6.07, 6.45) is 0. The molecule has 1 N–H and O–H groups in total. The number of nitrogens with zero attached hydrogens (tertiary/aromatic N) is 1. The van der Waals surface area contributed by atoms with Crippen LogP contribution in [0.5, 0.6) is 0 Å². The summed E-state index contributed by atoms with van der Waals surface area (Å²) >= 11 is 1.67. The minimum atomic E-state index is -0.536. The number of furan rings is 1. The van der Waals surface area contributed by atoms with Crippen molar-refractivity contribution in [1.82, 2.24) is 5.32 Å². The van der Waals surface area contributed by atoms with Crippen LogP contribution in [0.15, 0.2) is 34.1 Å². The second kappa shape index (κ2) is 5.11. The first-order chi connectivity index (χ1) is 8.16. The van der Waals surface area contributed by atoms with Crippen molar-refractivity contribution >= 4 is 17.2 Å². The molecule has 2 rings (SSSR count). The summed E-state index contributed by atoms with van der Waals surface area (Å²) in [6, 6.07) is 7.24. The standard InChI is InChI=1S/C11H12N2O3S/c1-8(10-3-2-6-17-10)12-7-9-4-5-11(16-9)13(14)15/h2-6,8,12H,7H2,1H3/t8-/m1/s1. The molecule has 2 heterocycles. The third-order valence-corrected chi connectivity index (χ3v) is 3.43. The topological polar surface area (TPSA) is 68.3 Å². The first-order valence-corrected chi connectivity index (χ1v) is 6.04. The Labute approximate surface area is 102 Å². The molecule has 2 aromatic rings. The normalized spacial score (nSPS) is 12.5. The molecular weight excluding hydrogens is 240 g/mol. The van der Waals surface area contributed by atoms with Crippen LogP contribution in [0.1, 0.15) is 23.6 Å². The van der Waals surface area contributed by atoms with Crippen LogP contribution in [0.4, 0.5) is 5.88 Å². The average Bonchev–Trinajstić information content (AvgIpc) is 2.97. The number of hydrogen-bond donors (Lipinski definition) is 1. The smallest absolute Gasteiger partial charge is 0.404 e. The molecule has 0 fully saturated rings. The van der Waals surface area contributed by atoms with E-state index in [0.717, 1.165) is 0 Å². The van der Waals surface area contributed by atoms with Gasteiger partial charge in [-0.05, 0) is 24.4 Å². The maximum Gasteiger partial charge on any atom is 0.433 e. The lowest BCUT2D eigenvalue weighted by molar-refractivity contribution is -0.402. The molecule has 90 valence electrons. The van der Waals surface area contributed by atoms with Crippen molar-refractivity contribution in [2.75, 3.05) is 0 Å². The number of rotatable bonds is 5. The Morgan fingerprint density at radius 1 is 1.53 bits per heavy atom. The van der Waals surface area contributed by atoms with Gasteiger partial charge in [-0.15, -0.1) is 11.3 Å². The van der Waals surface area contributed by atoms with Gasteiger partial charge in [-0.3, -0.25) is 10.1 Å². The summed E-state index contributed by atoms with van der Waals surface area (Å²) in [4.78, 5) is 11.1. The predicted molar refractivity (Wildman–Crippen MR) is 64.9 cm³/mol. The number of hydrogen-bond acceptors (Lipinski definition) is 5. The second-order valence-corrected chi connectivity index (χ2v) is 4.59. The van der Waals surface area contributed by atoms with E-state index in [2.05, 4.69) is 5.32 Å². The highest BCUT2D eigenvalue weighted by atomic mass is 32.1. The molecule has 0 saturated carbocycles. The largest absolute Gasteiger partial charge is 0.433 e. The van der Waals surface area contributed by atoms with Crippen LogP contribution in [-0.4, -0.2) is 4.92 Å². The summed E-state index contributed by atoms with van der Waals surface area (Å²) in [5.74, 6) is 0.352. The van der Waals surface area contributed by atoms with Crippen LogP contribution in [0, 0.1) is 10.1 Å². The molecule has 0 amide bonds. The molecule has 0 unspecified atom stereocenters. The highest BCUT2D eigenvalue weighted by Crippen LogP contribution is 2.20. The van der Waals surface area contributed by atoms with Gasteiger partial charge in [-0.2, -0.15) is 0 Å². The Balaban J connectivity index is 1.91. The van der Waals surface area contributed by atoms with Gasteiger partial charge >= 0.3 is 5.88 Å². The molecule has 17 heavy (non-hydrogen) atoms. The predicted octanol–water partition coefficient (Wildman–Crippen LogP) is 3.10. The van der Waals surface area contributed by atoms with E-state index in [1.54, 1.807) is 17.4 Å². The summed E-state index contributed by atoms with van der Waals surface area (Å²) in [7, 11) is 0. The van der Waals surface area contributed by atoms with E-state index in [1.165, 1.54) is 10.9 Å². The van der Waals surface area contributed by atoms with Gasteiger partial charge in [0, 0.05) is 10.9 Å². The van der Waals surface area contributed by atoms with Crippen LogP contribution in [-0.2, 0) is 6.54 Å². The highest BCUT2D eigenvalue weighted by Gasteiger charge is 2.12. The molecule has 5 nitrogen and oxygen atoms in total. The zero-order valence-corrected chi connectivity index (χ0v) is 10.1. The maximum atomic E-state index is 10.4. The van der Waals surface area contributed by atoms with Crippen LogP contribution < -0.4 is 5.32 Å². The number of nitrogens with one attached hydrogen (secondary N) is 1. The van der Waals surface area contributed by atoms with Crippen LogP contribution >= 0.6 is 11.3 Å². The third-order valence-electron chi connectivity index (χ3n) is 2.38. The van der Waals surface area contributed by atoms with Crippen LogP contribution in [0.2, 0.25) is 0 Å². The molecule has 0 saturated heterocycles. The van der Waals surface area contributed by atoms with Crippen LogP contribution in [0.25, 0.3) is 0 Å². The first-order valence-electron chi connectivity index (χ1n) is 5.16. The minimum absolute atomic E-state index is 0.208. The molecule has 1 atom stereocenters. The van der Waals surface area contributed by atoms with Crippen molar-refractivity contribution in [2.45, 2.75) is 19.5 Å². The van der Waals surface area contributed by atoms with Gasteiger partial charge in [0.05, 0.1) is 12.6 Å². The molecule has 0 aliphatic rings. The molecule has 2 aromatic heterocycles. The fourth-order valence-electron chi connectivity index (χ4n) is 1.45. The molecule has 0 bridgehead atoms. The molecule has 0 radical (unpaired) electrons. The van der Waals surface area contributed by atoms with Crippen molar-refractivity contribution < 1.29 is 9.34 Å². The summed E-state index contributed by atoms with van der Waals surface area (Å²) in [5, 5.41) is 15.7. The van der Waals surface area contributed by atoms with Crippen molar-refractivity contribution in [3.8, 4) is 0 Å². The molecule has 6 heteroatoms. The summed E-state index contributed by atoms with van der Waals surface area (Å²) < 4.78 is 5.05. The fraction of sp³-hybridized carbons (Fsp3) is 0.273. The Hall–Kier alpha value is -1.66. The average molecular weight is 252 g/mol. The lowest BCUT2D eigenvalue weighted by Gasteiger charge is -2.09. The van der Waals surface area contributed by atoms with E-state index in [-0.39, 0.29) is 11.9 Å². The zero-order chi connectivity index (χ0) is 12.3. The van der Waals surface area contributed by atoms with Gasteiger partial charge in [-0.1, -0.05) is 6.07 Å². The van der Waals surface area contributed by atoms with Gasteiger partial charge in [-0.25, -0.2) is 0 Å². The fourth-order valence-corrected chi connectivity index (χ4v) is 2.21. The Morgan fingerprint density at radius 2 is 2.35 bits per heavy atom. The molecule has 0 aromatic carbocycles.